The summed E-state index contributed by atoms with van der Waals surface area (Å²) in [7, 11) is 0. The van der Waals surface area contributed by atoms with Gasteiger partial charge < -0.3 is 16.4 Å². The molecule has 0 aromatic rings. The minimum atomic E-state index is 0.315. The Hall–Kier alpha value is -0.120. The number of hydrogen-bond acceptors (Lipinski definition) is 3. The van der Waals surface area contributed by atoms with Gasteiger partial charge in [0.25, 0.3) is 0 Å². The van der Waals surface area contributed by atoms with Gasteiger partial charge in [0.2, 0.25) is 0 Å². The summed E-state index contributed by atoms with van der Waals surface area (Å²) in [5.41, 5.74) is 11.3. The molecule has 1 rings (SSSR count). The maximum Gasteiger partial charge on any atom is 0.00630 e. The third-order valence-electron chi connectivity index (χ3n) is 2.55. The molecule has 4 N–H and O–H groups in total. The van der Waals surface area contributed by atoms with Crippen LogP contribution in [0, 0.1) is 0 Å². The van der Waals surface area contributed by atoms with Gasteiger partial charge in [-0.3, -0.25) is 0 Å². The number of likely N-dealkylation sites (tertiary alicyclic amines) is 1. The van der Waals surface area contributed by atoms with Crippen molar-refractivity contribution in [3.05, 3.63) is 0 Å². The standard InChI is InChI=1S/C9H21N3/c10-5-3-9(11)4-8-12-6-1-2-7-12/h9H,1-8,10-11H2. The van der Waals surface area contributed by atoms with Crippen LogP contribution in [-0.4, -0.2) is 37.1 Å². The average Bonchev–Trinajstić information content (AvgIpc) is 2.53. The van der Waals surface area contributed by atoms with Crippen LogP contribution in [0.2, 0.25) is 0 Å². The first-order valence-electron chi connectivity index (χ1n) is 5.01. The molecule has 0 aromatic heterocycles. The molecule has 3 heteroatoms. The maximum atomic E-state index is 5.86. The second kappa shape index (κ2) is 5.51. The van der Waals surface area contributed by atoms with Gasteiger partial charge in [-0.2, -0.15) is 0 Å². The van der Waals surface area contributed by atoms with Crippen LogP contribution >= 0.6 is 0 Å². The molecule has 0 aromatic carbocycles. The van der Waals surface area contributed by atoms with Crippen LogP contribution in [0.1, 0.15) is 25.7 Å². The number of rotatable bonds is 5. The summed E-state index contributed by atoms with van der Waals surface area (Å²) in [5.74, 6) is 0. The van der Waals surface area contributed by atoms with Gasteiger partial charge >= 0.3 is 0 Å². The smallest absolute Gasteiger partial charge is 0.00630 e. The second-order valence-corrected chi connectivity index (χ2v) is 3.67. The van der Waals surface area contributed by atoms with Crippen molar-refractivity contribution in [2.75, 3.05) is 26.2 Å². The highest BCUT2D eigenvalue weighted by molar-refractivity contribution is 4.69. The molecule has 0 saturated carbocycles. The van der Waals surface area contributed by atoms with Crippen LogP contribution in [0.3, 0.4) is 0 Å². The quantitative estimate of drug-likeness (QED) is 0.619. The summed E-state index contributed by atoms with van der Waals surface area (Å²) in [6, 6.07) is 0.315. The van der Waals surface area contributed by atoms with Crippen molar-refractivity contribution in [1.29, 1.82) is 0 Å². The van der Waals surface area contributed by atoms with E-state index in [1.807, 2.05) is 0 Å². The molecule has 1 saturated heterocycles. The van der Waals surface area contributed by atoms with Crippen molar-refractivity contribution in [2.24, 2.45) is 11.5 Å². The summed E-state index contributed by atoms with van der Waals surface area (Å²) in [6.07, 6.45) is 4.81. The predicted molar refractivity (Wildman–Crippen MR) is 51.9 cm³/mol. The molecule has 0 radical (unpaired) electrons. The molecule has 12 heavy (non-hydrogen) atoms. The molecule has 1 fully saturated rings. The first-order valence-corrected chi connectivity index (χ1v) is 5.01. The van der Waals surface area contributed by atoms with Crippen LogP contribution < -0.4 is 11.5 Å². The Morgan fingerprint density at radius 1 is 1.17 bits per heavy atom. The van der Waals surface area contributed by atoms with Crippen molar-refractivity contribution >= 4 is 0 Å². The highest BCUT2D eigenvalue weighted by atomic mass is 15.1. The van der Waals surface area contributed by atoms with Crippen molar-refractivity contribution in [2.45, 2.75) is 31.7 Å². The van der Waals surface area contributed by atoms with Gasteiger partial charge in [0.1, 0.15) is 0 Å². The Labute approximate surface area is 75.1 Å². The van der Waals surface area contributed by atoms with Crippen LogP contribution in [0.25, 0.3) is 0 Å². The van der Waals surface area contributed by atoms with Crippen LogP contribution in [0.15, 0.2) is 0 Å². The van der Waals surface area contributed by atoms with E-state index in [2.05, 4.69) is 4.90 Å². The Balaban J connectivity index is 1.99. The molecule has 0 amide bonds. The molecule has 1 heterocycles. The lowest BCUT2D eigenvalue weighted by Crippen LogP contribution is -2.30. The SMILES string of the molecule is NCCC(N)CCN1CCCC1. The summed E-state index contributed by atoms with van der Waals surface area (Å²) < 4.78 is 0. The van der Waals surface area contributed by atoms with Crippen molar-refractivity contribution < 1.29 is 0 Å². The molecule has 1 aliphatic heterocycles. The van der Waals surface area contributed by atoms with Gasteiger partial charge in [-0.1, -0.05) is 0 Å². The zero-order valence-corrected chi connectivity index (χ0v) is 7.84. The lowest BCUT2D eigenvalue weighted by molar-refractivity contribution is 0.319. The van der Waals surface area contributed by atoms with Crippen molar-refractivity contribution in [3.8, 4) is 0 Å². The van der Waals surface area contributed by atoms with E-state index >= 15 is 0 Å². The zero-order valence-electron chi connectivity index (χ0n) is 7.84. The topological polar surface area (TPSA) is 55.3 Å². The molecular formula is C9H21N3. The van der Waals surface area contributed by atoms with E-state index in [0.29, 0.717) is 6.04 Å². The largest absolute Gasteiger partial charge is 0.330 e. The molecular weight excluding hydrogens is 150 g/mol. The lowest BCUT2D eigenvalue weighted by atomic mass is 10.1. The van der Waals surface area contributed by atoms with E-state index in [1.165, 1.54) is 32.5 Å². The minimum Gasteiger partial charge on any atom is -0.330 e. The molecule has 1 unspecified atom stereocenters. The van der Waals surface area contributed by atoms with E-state index in [0.717, 1.165) is 19.4 Å². The molecule has 1 atom stereocenters. The van der Waals surface area contributed by atoms with Gasteiger partial charge in [-0.25, -0.2) is 0 Å². The van der Waals surface area contributed by atoms with E-state index < -0.39 is 0 Å². The first kappa shape index (κ1) is 9.96. The Kier molecular flexibility index (Phi) is 4.58. The number of nitrogens with two attached hydrogens (primary N) is 2. The van der Waals surface area contributed by atoms with Gasteiger partial charge in [0.15, 0.2) is 0 Å². The molecule has 0 aliphatic carbocycles. The van der Waals surface area contributed by atoms with E-state index in [-0.39, 0.29) is 0 Å². The third-order valence-corrected chi connectivity index (χ3v) is 2.55. The fraction of sp³-hybridized carbons (Fsp3) is 1.00. The normalized spacial score (nSPS) is 21.5. The van der Waals surface area contributed by atoms with E-state index in [4.69, 9.17) is 11.5 Å². The summed E-state index contributed by atoms with van der Waals surface area (Å²) >= 11 is 0. The Morgan fingerprint density at radius 3 is 2.42 bits per heavy atom. The summed E-state index contributed by atoms with van der Waals surface area (Å²) in [5, 5.41) is 0. The fourth-order valence-electron chi connectivity index (χ4n) is 1.71. The summed E-state index contributed by atoms with van der Waals surface area (Å²) in [4.78, 5) is 2.50. The van der Waals surface area contributed by atoms with E-state index in [1.54, 1.807) is 0 Å². The van der Waals surface area contributed by atoms with Gasteiger partial charge in [-0.15, -0.1) is 0 Å². The second-order valence-electron chi connectivity index (χ2n) is 3.67. The molecule has 3 nitrogen and oxygen atoms in total. The van der Waals surface area contributed by atoms with Crippen LogP contribution in [0.5, 0.6) is 0 Å². The predicted octanol–water partition coefficient (Wildman–Crippen LogP) is 0.148. The third kappa shape index (κ3) is 3.52. The average molecular weight is 171 g/mol. The van der Waals surface area contributed by atoms with Crippen molar-refractivity contribution in [3.63, 3.8) is 0 Å². The highest BCUT2D eigenvalue weighted by Crippen LogP contribution is 2.08. The minimum absolute atomic E-state index is 0.315. The zero-order chi connectivity index (χ0) is 8.81. The Morgan fingerprint density at radius 2 is 1.83 bits per heavy atom. The van der Waals surface area contributed by atoms with Crippen LogP contribution in [-0.2, 0) is 0 Å². The maximum absolute atomic E-state index is 5.86. The van der Waals surface area contributed by atoms with Crippen LogP contribution in [0.4, 0.5) is 0 Å². The Bertz CT molecular complexity index is 110. The number of nitrogens with zero attached hydrogens (tertiary/aromatic N) is 1. The fourth-order valence-corrected chi connectivity index (χ4v) is 1.71. The molecule has 0 spiro atoms. The monoisotopic (exact) mass is 171 g/mol. The highest BCUT2D eigenvalue weighted by Gasteiger charge is 2.11. The molecule has 0 bridgehead atoms. The number of hydrogen-bond donors (Lipinski definition) is 2. The van der Waals surface area contributed by atoms with Gasteiger partial charge in [0, 0.05) is 6.04 Å². The van der Waals surface area contributed by atoms with E-state index in [9.17, 15) is 0 Å². The molecule has 72 valence electrons. The van der Waals surface area contributed by atoms with Gasteiger partial charge in [-0.05, 0) is 51.9 Å². The van der Waals surface area contributed by atoms with Crippen molar-refractivity contribution in [1.82, 2.24) is 4.90 Å². The van der Waals surface area contributed by atoms with Gasteiger partial charge in [0.05, 0.1) is 0 Å². The summed E-state index contributed by atoms with van der Waals surface area (Å²) in [6.45, 7) is 4.44. The lowest BCUT2D eigenvalue weighted by Gasteiger charge is -2.17. The first-order chi connectivity index (χ1) is 5.83. The molecule has 1 aliphatic rings.